The Morgan fingerprint density at radius 1 is 1.53 bits per heavy atom. The number of carbonyl (C=O) groups excluding carboxylic acids is 1. The number of nitrogens with zero attached hydrogens (tertiary/aromatic N) is 1. The number of nitriles is 1. The fourth-order valence-corrected chi connectivity index (χ4v) is 2.24. The van der Waals surface area contributed by atoms with Gasteiger partial charge in [0, 0.05) is 4.90 Å². The van der Waals surface area contributed by atoms with Crippen molar-refractivity contribution in [2.45, 2.75) is 17.3 Å². The number of carbonyl (C=O) groups is 1. The maximum absolute atomic E-state index is 12.4. The SMILES string of the molecule is CCOC(=O)c1cc(Cl)c(C#N)c(SC(F)(F)F)c1. The largest absolute Gasteiger partial charge is 0.462 e. The summed E-state index contributed by atoms with van der Waals surface area (Å²) in [5.74, 6) is -0.794. The molecule has 0 aliphatic heterocycles. The van der Waals surface area contributed by atoms with Crippen LogP contribution >= 0.6 is 23.4 Å². The van der Waals surface area contributed by atoms with Crippen LogP contribution in [0.5, 0.6) is 0 Å². The van der Waals surface area contributed by atoms with Crippen LogP contribution in [-0.4, -0.2) is 18.1 Å². The molecular weight excluding hydrogens is 303 g/mol. The van der Waals surface area contributed by atoms with E-state index < -0.39 is 28.1 Å². The first-order valence-electron chi connectivity index (χ1n) is 4.95. The Kier molecular flexibility index (Phi) is 5.09. The summed E-state index contributed by atoms with van der Waals surface area (Å²) in [7, 11) is 0. The summed E-state index contributed by atoms with van der Waals surface area (Å²) in [6, 6.07) is 3.63. The summed E-state index contributed by atoms with van der Waals surface area (Å²) in [5, 5.41) is 8.58. The molecule has 0 aliphatic rings. The van der Waals surface area contributed by atoms with Gasteiger partial charge >= 0.3 is 11.5 Å². The lowest BCUT2D eigenvalue weighted by Gasteiger charge is -2.10. The molecule has 0 spiro atoms. The van der Waals surface area contributed by atoms with Crippen molar-refractivity contribution in [3.63, 3.8) is 0 Å². The number of hydrogen-bond donors (Lipinski definition) is 0. The average Bonchev–Trinajstić information content (AvgIpc) is 2.26. The number of halogens is 4. The van der Waals surface area contributed by atoms with Crippen LogP contribution in [0.4, 0.5) is 13.2 Å². The number of esters is 1. The van der Waals surface area contributed by atoms with Crippen LogP contribution in [0, 0.1) is 11.3 Å². The summed E-state index contributed by atoms with van der Waals surface area (Å²) in [4.78, 5) is 11.0. The molecule has 3 nitrogen and oxygen atoms in total. The van der Waals surface area contributed by atoms with E-state index in [-0.39, 0.29) is 22.8 Å². The Labute approximate surface area is 116 Å². The van der Waals surface area contributed by atoms with Crippen molar-refractivity contribution in [3.8, 4) is 6.07 Å². The molecule has 0 aromatic heterocycles. The van der Waals surface area contributed by atoms with E-state index in [2.05, 4.69) is 4.74 Å². The van der Waals surface area contributed by atoms with E-state index in [0.717, 1.165) is 12.1 Å². The zero-order valence-electron chi connectivity index (χ0n) is 9.55. The molecule has 0 radical (unpaired) electrons. The lowest BCUT2D eigenvalue weighted by molar-refractivity contribution is -0.0328. The summed E-state index contributed by atoms with van der Waals surface area (Å²) >= 11 is 5.20. The topological polar surface area (TPSA) is 50.1 Å². The highest BCUT2D eigenvalue weighted by Crippen LogP contribution is 2.40. The van der Waals surface area contributed by atoms with Gasteiger partial charge in [0.05, 0.1) is 22.8 Å². The number of benzene rings is 1. The van der Waals surface area contributed by atoms with Gasteiger partial charge in [-0.1, -0.05) is 11.6 Å². The van der Waals surface area contributed by atoms with Crippen molar-refractivity contribution in [3.05, 3.63) is 28.3 Å². The summed E-state index contributed by atoms with van der Waals surface area (Å²) in [5.41, 5.74) is -5.03. The predicted molar refractivity (Wildman–Crippen MR) is 64.0 cm³/mol. The molecule has 0 heterocycles. The minimum Gasteiger partial charge on any atom is -0.462 e. The lowest BCUT2D eigenvalue weighted by Crippen LogP contribution is -2.07. The minimum absolute atomic E-state index is 0.0815. The number of alkyl halides is 3. The highest BCUT2D eigenvalue weighted by atomic mass is 35.5. The maximum Gasteiger partial charge on any atom is 0.446 e. The van der Waals surface area contributed by atoms with Crippen molar-refractivity contribution in [1.29, 1.82) is 5.26 Å². The van der Waals surface area contributed by atoms with Gasteiger partial charge in [-0.2, -0.15) is 18.4 Å². The van der Waals surface area contributed by atoms with Gasteiger partial charge in [0.25, 0.3) is 0 Å². The predicted octanol–water partition coefficient (Wildman–Crippen LogP) is 4.00. The second-order valence-corrected chi connectivity index (χ2v) is 4.73. The molecule has 19 heavy (non-hydrogen) atoms. The van der Waals surface area contributed by atoms with E-state index in [1.54, 1.807) is 13.0 Å². The van der Waals surface area contributed by atoms with Gasteiger partial charge in [-0.15, -0.1) is 0 Å². The molecule has 0 unspecified atom stereocenters. The molecule has 0 amide bonds. The number of ether oxygens (including phenoxy) is 1. The molecule has 0 atom stereocenters. The van der Waals surface area contributed by atoms with Crippen molar-refractivity contribution >= 4 is 29.3 Å². The van der Waals surface area contributed by atoms with E-state index in [9.17, 15) is 18.0 Å². The van der Waals surface area contributed by atoms with E-state index in [0.29, 0.717) is 0 Å². The van der Waals surface area contributed by atoms with Crippen molar-refractivity contribution < 1.29 is 22.7 Å². The number of rotatable bonds is 3. The molecule has 1 aromatic rings. The molecule has 0 fully saturated rings. The zero-order chi connectivity index (χ0) is 14.6. The molecule has 0 saturated heterocycles. The lowest BCUT2D eigenvalue weighted by atomic mass is 10.1. The van der Waals surface area contributed by atoms with E-state index >= 15 is 0 Å². The van der Waals surface area contributed by atoms with Gasteiger partial charge in [0.15, 0.2) is 0 Å². The van der Waals surface area contributed by atoms with Crippen LogP contribution in [0.2, 0.25) is 5.02 Å². The van der Waals surface area contributed by atoms with Crippen LogP contribution in [0.25, 0.3) is 0 Å². The standard InChI is InChI=1S/C11H7ClF3NO2S/c1-2-18-10(17)6-3-8(12)7(5-16)9(4-6)19-11(13,14)15/h3-4H,2H2,1H3. The first kappa shape index (κ1) is 15.7. The maximum atomic E-state index is 12.4. The van der Waals surface area contributed by atoms with E-state index in [1.807, 2.05) is 0 Å². The van der Waals surface area contributed by atoms with E-state index in [1.165, 1.54) is 0 Å². The van der Waals surface area contributed by atoms with Gasteiger partial charge in [0.1, 0.15) is 6.07 Å². The Bertz CT molecular complexity index is 540. The second kappa shape index (κ2) is 6.17. The van der Waals surface area contributed by atoms with Crippen molar-refractivity contribution in [2.75, 3.05) is 6.61 Å². The molecule has 0 N–H and O–H groups in total. The van der Waals surface area contributed by atoms with Crippen LogP contribution in [0.3, 0.4) is 0 Å². The van der Waals surface area contributed by atoms with Gasteiger partial charge in [0.2, 0.25) is 0 Å². The zero-order valence-corrected chi connectivity index (χ0v) is 11.1. The normalized spacial score (nSPS) is 10.9. The fraction of sp³-hybridized carbons (Fsp3) is 0.273. The van der Waals surface area contributed by atoms with Crippen LogP contribution < -0.4 is 0 Å². The average molecular weight is 310 g/mol. The van der Waals surface area contributed by atoms with Crippen molar-refractivity contribution in [1.82, 2.24) is 0 Å². The fourth-order valence-electron chi connectivity index (χ4n) is 1.23. The Morgan fingerprint density at radius 2 is 2.16 bits per heavy atom. The van der Waals surface area contributed by atoms with Crippen molar-refractivity contribution in [2.24, 2.45) is 0 Å². The summed E-state index contributed by atoms with van der Waals surface area (Å²) in [6.07, 6.45) is 0. The third-order valence-corrected chi connectivity index (χ3v) is 2.97. The molecule has 0 aliphatic carbocycles. The highest BCUT2D eigenvalue weighted by Gasteiger charge is 2.31. The molecule has 8 heteroatoms. The number of hydrogen-bond acceptors (Lipinski definition) is 4. The smallest absolute Gasteiger partial charge is 0.446 e. The quantitative estimate of drug-likeness (QED) is 0.625. The Hall–Kier alpha value is -1.39. The summed E-state index contributed by atoms with van der Waals surface area (Å²) < 4.78 is 41.8. The second-order valence-electron chi connectivity index (χ2n) is 3.21. The van der Waals surface area contributed by atoms with Crippen LogP contribution in [-0.2, 0) is 4.74 Å². The van der Waals surface area contributed by atoms with Gasteiger partial charge < -0.3 is 4.74 Å². The van der Waals surface area contributed by atoms with Gasteiger partial charge in [-0.25, -0.2) is 4.79 Å². The van der Waals surface area contributed by atoms with Crippen LogP contribution in [0.1, 0.15) is 22.8 Å². The summed E-state index contributed by atoms with van der Waals surface area (Å²) in [6.45, 7) is 1.65. The van der Waals surface area contributed by atoms with Gasteiger partial charge in [-0.05, 0) is 30.8 Å². The first-order chi connectivity index (χ1) is 8.78. The Morgan fingerprint density at radius 3 is 2.63 bits per heavy atom. The molecule has 1 rings (SSSR count). The highest BCUT2D eigenvalue weighted by molar-refractivity contribution is 8.00. The molecule has 0 bridgehead atoms. The number of thioether (sulfide) groups is 1. The Balaban J connectivity index is 3.27. The van der Waals surface area contributed by atoms with E-state index in [4.69, 9.17) is 16.9 Å². The molecular formula is C11H7ClF3NO2S. The monoisotopic (exact) mass is 309 g/mol. The minimum atomic E-state index is -4.58. The molecule has 0 saturated carbocycles. The third kappa shape index (κ3) is 4.33. The molecule has 102 valence electrons. The third-order valence-electron chi connectivity index (χ3n) is 1.90. The molecule has 1 aromatic carbocycles. The van der Waals surface area contributed by atoms with Crippen LogP contribution in [0.15, 0.2) is 17.0 Å². The first-order valence-corrected chi connectivity index (χ1v) is 6.14. The van der Waals surface area contributed by atoms with Gasteiger partial charge in [-0.3, -0.25) is 0 Å².